The van der Waals surface area contributed by atoms with E-state index in [0.717, 1.165) is 64.2 Å². The Morgan fingerprint density at radius 3 is 2.30 bits per heavy atom. The number of hydrogen-bond acceptors (Lipinski definition) is 6. The van der Waals surface area contributed by atoms with Crippen molar-refractivity contribution in [1.29, 1.82) is 0 Å². The molecule has 2 aliphatic heterocycles. The van der Waals surface area contributed by atoms with Gasteiger partial charge in [-0.05, 0) is 45.7 Å². The van der Waals surface area contributed by atoms with Crippen LogP contribution in [0, 0.1) is 0 Å². The lowest BCUT2D eigenvalue weighted by atomic mass is 10.0. The second kappa shape index (κ2) is 8.25. The Morgan fingerprint density at radius 2 is 1.78 bits per heavy atom. The summed E-state index contributed by atoms with van der Waals surface area (Å²) < 4.78 is 5.47. The van der Waals surface area contributed by atoms with E-state index < -0.39 is 5.60 Å². The molecule has 148 valence electrons. The maximum Gasteiger partial charge on any atom is 0.410 e. The first kappa shape index (κ1) is 19.6. The van der Waals surface area contributed by atoms with Gasteiger partial charge in [-0.3, -0.25) is 9.69 Å². The van der Waals surface area contributed by atoms with Crippen LogP contribution in [0.5, 0.6) is 0 Å². The number of carbonyl (C=O) groups is 2. The molecule has 27 heavy (non-hydrogen) atoms. The lowest BCUT2D eigenvalue weighted by molar-refractivity contribution is 0.00901. The fourth-order valence-electron chi connectivity index (χ4n) is 3.71. The smallest absolute Gasteiger partial charge is 0.410 e. The Balaban J connectivity index is 1.45. The molecule has 1 amide bonds. The number of nitrogens with zero attached hydrogens (tertiary/aromatic N) is 4. The van der Waals surface area contributed by atoms with Gasteiger partial charge < -0.3 is 14.5 Å². The van der Waals surface area contributed by atoms with Crippen LogP contribution in [0.4, 0.5) is 10.6 Å². The van der Waals surface area contributed by atoms with Gasteiger partial charge in [-0.25, -0.2) is 9.78 Å². The Hall–Kier alpha value is -2.15. The van der Waals surface area contributed by atoms with Crippen LogP contribution in [0.3, 0.4) is 0 Å². The molecule has 0 saturated carbocycles. The molecule has 3 rings (SSSR count). The summed E-state index contributed by atoms with van der Waals surface area (Å²) >= 11 is 0. The number of piperazine rings is 1. The number of piperidine rings is 1. The number of ether oxygens (including phenoxy) is 1. The SMILES string of the molecule is CC(C)(C)OC(=O)N1CCN(C2CCN(c3ccc(C=O)cn3)CC2)CC1. The highest BCUT2D eigenvalue weighted by Gasteiger charge is 2.30. The van der Waals surface area contributed by atoms with Gasteiger partial charge >= 0.3 is 6.09 Å². The predicted octanol–water partition coefficient (Wildman–Crippen LogP) is 2.42. The van der Waals surface area contributed by atoms with Crippen molar-refractivity contribution in [3.8, 4) is 0 Å². The number of carbonyl (C=O) groups excluding carboxylic acids is 2. The Bertz CT molecular complexity index is 640. The summed E-state index contributed by atoms with van der Waals surface area (Å²) in [6.07, 6.45) is 4.42. The molecule has 7 heteroatoms. The standard InChI is InChI=1S/C20H30N4O3/c1-20(2,3)27-19(26)24-12-10-22(11-13-24)17-6-8-23(9-7-17)18-5-4-16(15-25)14-21-18/h4-5,14-15,17H,6-13H2,1-3H3. The lowest BCUT2D eigenvalue weighted by Gasteiger charge is -2.43. The number of aldehydes is 1. The van der Waals surface area contributed by atoms with Gasteiger partial charge in [0.1, 0.15) is 11.4 Å². The zero-order valence-electron chi connectivity index (χ0n) is 16.6. The van der Waals surface area contributed by atoms with E-state index in [4.69, 9.17) is 4.74 Å². The maximum atomic E-state index is 12.2. The molecule has 1 aromatic heterocycles. The Morgan fingerprint density at radius 1 is 1.11 bits per heavy atom. The molecule has 1 aromatic rings. The van der Waals surface area contributed by atoms with Crippen molar-refractivity contribution < 1.29 is 14.3 Å². The molecule has 0 atom stereocenters. The first-order valence-corrected chi connectivity index (χ1v) is 9.74. The summed E-state index contributed by atoms with van der Waals surface area (Å²) in [6.45, 7) is 10.9. The number of amides is 1. The molecule has 0 unspecified atom stereocenters. The first-order valence-electron chi connectivity index (χ1n) is 9.74. The van der Waals surface area contributed by atoms with Gasteiger partial charge in [-0.1, -0.05) is 0 Å². The van der Waals surface area contributed by atoms with Gasteiger partial charge in [0.2, 0.25) is 0 Å². The largest absolute Gasteiger partial charge is 0.444 e. The van der Waals surface area contributed by atoms with Gasteiger partial charge in [0, 0.05) is 57.1 Å². The number of hydrogen-bond donors (Lipinski definition) is 0. The molecular weight excluding hydrogens is 344 g/mol. The van der Waals surface area contributed by atoms with Crippen molar-refractivity contribution in [2.24, 2.45) is 0 Å². The van der Waals surface area contributed by atoms with Crippen LogP contribution >= 0.6 is 0 Å². The van der Waals surface area contributed by atoms with Crippen molar-refractivity contribution >= 4 is 18.2 Å². The topological polar surface area (TPSA) is 66.0 Å². The van der Waals surface area contributed by atoms with Gasteiger partial charge in [0.15, 0.2) is 6.29 Å². The highest BCUT2D eigenvalue weighted by molar-refractivity contribution is 5.74. The van der Waals surface area contributed by atoms with Gasteiger partial charge in [0.05, 0.1) is 0 Å². The molecule has 0 spiro atoms. The number of pyridine rings is 1. The summed E-state index contributed by atoms with van der Waals surface area (Å²) in [6, 6.07) is 4.29. The molecule has 2 saturated heterocycles. The molecule has 0 aliphatic carbocycles. The van der Waals surface area contributed by atoms with Crippen LogP contribution in [0.2, 0.25) is 0 Å². The van der Waals surface area contributed by atoms with Crippen LogP contribution in [0.15, 0.2) is 18.3 Å². The average molecular weight is 374 g/mol. The third kappa shape index (κ3) is 5.19. The van der Waals surface area contributed by atoms with Crippen LogP contribution in [-0.2, 0) is 4.74 Å². The van der Waals surface area contributed by atoms with Gasteiger partial charge in [0.25, 0.3) is 0 Å². The summed E-state index contributed by atoms with van der Waals surface area (Å²) in [5.74, 6) is 0.939. The highest BCUT2D eigenvalue weighted by Crippen LogP contribution is 2.22. The summed E-state index contributed by atoms with van der Waals surface area (Å²) in [5.41, 5.74) is 0.162. The van der Waals surface area contributed by atoms with Crippen LogP contribution < -0.4 is 4.90 Å². The first-order chi connectivity index (χ1) is 12.9. The molecular formula is C20H30N4O3. The Labute approximate surface area is 161 Å². The minimum Gasteiger partial charge on any atom is -0.444 e. The van der Waals surface area contributed by atoms with E-state index in [1.165, 1.54) is 0 Å². The third-order valence-corrected chi connectivity index (χ3v) is 5.18. The predicted molar refractivity (Wildman–Crippen MR) is 104 cm³/mol. The summed E-state index contributed by atoms with van der Waals surface area (Å²) in [5, 5.41) is 0. The summed E-state index contributed by atoms with van der Waals surface area (Å²) in [4.78, 5) is 33.9. The third-order valence-electron chi connectivity index (χ3n) is 5.18. The second-order valence-corrected chi connectivity index (χ2v) is 8.29. The van der Waals surface area contributed by atoms with E-state index in [1.54, 1.807) is 6.20 Å². The minimum atomic E-state index is -0.445. The maximum absolute atomic E-state index is 12.2. The van der Waals surface area contributed by atoms with Crippen molar-refractivity contribution in [3.05, 3.63) is 23.9 Å². The fourth-order valence-corrected chi connectivity index (χ4v) is 3.71. The number of anilines is 1. The van der Waals surface area contributed by atoms with E-state index in [1.807, 2.05) is 37.8 Å². The van der Waals surface area contributed by atoms with Gasteiger partial charge in [-0.2, -0.15) is 0 Å². The average Bonchev–Trinajstić information content (AvgIpc) is 2.67. The van der Waals surface area contributed by atoms with Crippen molar-refractivity contribution in [1.82, 2.24) is 14.8 Å². The van der Waals surface area contributed by atoms with Crippen molar-refractivity contribution in [3.63, 3.8) is 0 Å². The zero-order valence-corrected chi connectivity index (χ0v) is 16.6. The highest BCUT2D eigenvalue weighted by atomic mass is 16.6. The monoisotopic (exact) mass is 374 g/mol. The molecule has 0 bridgehead atoms. The van der Waals surface area contributed by atoms with Crippen molar-refractivity contribution in [2.75, 3.05) is 44.2 Å². The van der Waals surface area contributed by atoms with E-state index in [-0.39, 0.29) is 6.09 Å². The molecule has 7 nitrogen and oxygen atoms in total. The van der Waals surface area contributed by atoms with E-state index >= 15 is 0 Å². The molecule has 0 aromatic carbocycles. The Kier molecular flexibility index (Phi) is 5.99. The zero-order chi connectivity index (χ0) is 19.4. The molecule has 0 radical (unpaired) electrons. The van der Waals surface area contributed by atoms with E-state index in [0.29, 0.717) is 11.6 Å². The van der Waals surface area contributed by atoms with E-state index in [2.05, 4.69) is 14.8 Å². The normalized spacial score (nSPS) is 19.8. The van der Waals surface area contributed by atoms with Gasteiger partial charge in [-0.15, -0.1) is 0 Å². The van der Waals surface area contributed by atoms with Crippen LogP contribution in [-0.4, -0.2) is 78.1 Å². The fraction of sp³-hybridized carbons (Fsp3) is 0.650. The molecule has 2 aliphatic rings. The molecule has 0 N–H and O–H groups in total. The number of rotatable bonds is 3. The van der Waals surface area contributed by atoms with Crippen LogP contribution in [0.25, 0.3) is 0 Å². The van der Waals surface area contributed by atoms with Crippen molar-refractivity contribution in [2.45, 2.75) is 45.3 Å². The molecule has 3 heterocycles. The van der Waals surface area contributed by atoms with E-state index in [9.17, 15) is 9.59 Å². The molecule has 2 fully saturated rings. The lowest BCUT2D eigenvalue weighted by Crippen LogP contribution is -2.55. The number of aromatic nitrogens is 1. The summed E-state index contributed by atoms with van der Waals surface area (Å²) in [7, 11) is 0. The quantitative estimate of drug-likeness (QED) is 0.757. The van der Waals surface area contributed by atoms with Crippen LogP contribution in [0.1, 0.15) is 44.0 Å². The minimum absolute atomic E-state index is 0.207. The second-order valence-electron chi connectivity index (χ2n) is 8.29.